The zero-order valence-corrected chi connectivity index (χ0v) is 12.2. The minimum atomic E-state index is -4.94. The molecule has 0 radical (unpaired) electrons. The molecule has 2 aromatic carbocycles. The maximum atomic E-state index is 8.49. The van der Waals surface area contributed by atoms with Crippen LogP contribution in [0.25, 0.3) is 16.8 Å². The van der Waals surface area contributed by atoms with Gasteiger partial charge in [0.1, 0.15) is 0 Å². The molecule has 4 rings (SSSR count). The van der Waals surface area contributed by atoms with Gasteiger partial charge in [-0.1, -0.05) is 30.3 Å². The van der Waals surface area contributed by atoms with Crippen LogP contribution in [0.4, 0.5) is 0 Å². The fraction of sp³-hybridized carbons (Fsp3) is 0.0625. The summed E-state index contributed by atoms with van der Waals surface area (Å²) in [5.41, 5.74) is 1.30. The summed E-state index contributed by atoms with van der Waals surface area (Å²) in [6, 6.07) is 13.0. The third-order valence-corrected chi connectivity index (χ3v) is 3.53. The fourth-order valence-electron chi connectivity index (χ4n) is 2.71. The highest BCUT2D eigenvalue weighted by Gasteiger charge is 2.20. The van der Waals surface area contributed by atoms with Gasteiger partial charge in [0.25, 0.3) is 0 Å². The van der Waals surface area contributed by atoms with Crippen molar-refractivity contribution in [3.8, 4) is 0 Å². The second-order valence-corrected chi connectivity index (χ2v) is 5.63. The first kappa shape index (κ1) is 14.9. The van der Waals surface area contributed by atoms with E-state index in [2.05, 4.69) is 65.3 Å². The Morgan fingerprint density at radius 1 is 0.955 bits per heavy atom. The molecule has 0 fully saturated rings. The molecule has 112 valence electrons. The van der Waals surface area contributed by atoms with Gasteiger partial charge in [-0.05, 0) is 22.9 Å². The zero-order chi connectivity index (χ0) is 15.7. The topological polar surface area (TPSA) is 95.2 Å². The number of hydrogen-bond donors (Lipinski definition) is 0. The summed E-state index contributed by atoms with van der Waals surface area (Å²) in [4.78, 5) is 0. The van der Waals surface area contributed by atoms with Gasteiger partial charge >= 0.3 is 0 Å². The van der Waals surface area contributed by atoms with Gasteiger partial charge in [0.05, 0.1) is 5.22 Å². The van der Waals surface area contributed by atoms with E-state index >= 15 is 0 Å². The predicted octanol–water partition coefficient (Wildman–Crippen LogP) is -3.18. The molecule has 5 nitrogen and oxygen atoms in total. The standard InChI is InChI=1S/C16H12N.ClHO4/c1-2-7-14-12(5-1)8-9-16-15(14)11-13-6-3-4-10-17(13)16;2-1(3,4)5/h1-9,11H,10H2;(H,2,3,4,5)/q+1;/p-1. The minimum Gasteiger partial charge on any atom is -0.222 e. The molecular weight excluding hydrogens is 306 g/mol. The number of allylic oxidation sites excluding steroid dienone is 3. The second-order valence-electron chi connectivity index (χ2n) is 4.87. The monoisotopic (exact) mass is 317 g/mol. The highest BCUT2D eigenvalue weighted by Crippen LogP contribution is 2.11. The average Bonchev–Trinajstić information content (AvgIpc) is 2.84. The Hall–Kier alpha value is -2.02. The fourth-order valence-corrected chi connectivity index (χ4v) is 2.71. The van der Waals surface area contributed by atoms with Crippen molar-refractivity contribution in [3.63, 3.8) is 0 Å². The quantitative estimate of drug-likeness (QED) is 0.479. The molecule has 22 heavy (non-hydrogen) atoms. The van der Waals surface area contributed by atoms with E-state index in [-0.39, 0.29) is 0 Å². The van der Waals surface area contributed by atoms with Gasteiger partial charge < -0.3 is 0 Å². The van der Waals surface area contributed by atoms with Crippen molar-refractivity contribution in [1.82, 2.24) is 4.58 Å². The minimum absolute atomic E-state index is 0.980. The van der Waals surface area contributed by atoms with E-state index < -0.39 is 10.2 Å². The van der Waals surface area contributed by atoms with Crippen molar-refractivity contribution in [2.75, 3.05) is 6.54 Å². The van der Waals surface area contributed by atoms with Crippen LogP contribution >= 0.6 is 0 Å². The van der Waals surface area contributed by atoms with E-state index in [1.54, 1.807) is 0 Å². The Morgan fingerprint density at radius 3 is 2.45 bits per heavy atom. The van der Waals surface area contributed by atoms with Crippen molar-refractivity contribution in [1.29, 1.82) is 0 Å². The van der Waals surface area contributed by atoms with Crippen molar-refractivity contribution in [2.24, 2.45) is 0 Å². The number of benzene rings is 2. The normalized spacial score (nSPS) is 15.5. The lowest BCUT2D eigenvalue weighted by Gasteiger charge is -2.17. The maximum absolute atomic E-state index is 8.49. The molecule has 0 aromatic heterocycles. The largest absolute Gasteiger partial charge is 0.222 e. The number of hydrogen-bond acceptors (Lipinski definition) is 4. The summed E-state index contributed by atoms with van der Waals surface area (Å²) in [5.74, 6) is 0. The molecular formula is C16H12ClNO4. The summed E-state index contributed by atoms with van der Waals surface area (Å²) < 4.78 is 36.3. The predicted molar refractivity (Wildman–Crippen MR) is 71.0 cm³/mol. The van der Waals surface area contributed by atoms with E-state index in [1.807, 2.05) is 0 Å². The van der Waals surface area contributed by atoms with Crippen LogP contribution in [0.2, 0.25) is 0 Å². The molecule has 0 N–H and O–H groups in total. The summed E-state index contributed by atoms with van der Waals surface area (Å²) in [6.07, 6.45) is 8.80. The van der Waals surface area contributed by atoms with Crippen molar-refractivity contribution in [3.05, 3.63) is 70.9 Å². The first-order valence-electron chi connectivity index (χ1n) is 6.56. The van der Waals surface area contributed by atoms with Gasteiger partial charge in [-0.15, -0.1) is 10.2 Å². The molecule has 0 unspecified atom stereocenters. The van der Waals surface area contributed by atoms with E-state index in [4.69, 9.17) is 18.6 Å². The highest BCUT2D eigenvalue weighted by molar-refractivity contribution is 5.84. The molecule has 2 aliphatic heterocycles. The van der Waals surface area contributed by atoms with Gasteiger partial charge in [-0.3, -0.25) is 0 Å². The Labute approximate surface area is 128 Å². The van der Waals surface area contributed by atoms with Crippen LogP contribution < -0.4 is 33.8 Å². The van der Waals surface area contributed by atoms with E-state index in [0.29, 0.717) is 0 Å². The lowest BCUT2D eigenvalue weighted by molar-refractivity contribution is -2.00. The Balaban J connectivity index is 0.000000254. The smallest absolute Gasteiger partial charge is 0.214 e. The Morgan fingerprint density at radius 2 is 1.68 bits per heavy atom. The van der Waals surface area contributed by atoms with Gasteiger partial charge in [0.2, 0.25) is 11.1 Å². The van der Waals surface area contributed by atoms with Crippen LogP contribution in [0.1, 0.15) is 0 Å². The maximum Gasteiger partial charge on any atom is 0.214 e. The summed E-state index contributed by atoms with van der Waals surface area (Å²) in [7, 11) is -4.94. The van der Waals surface area contributed by atoms with E-state index in [9.17, 15) is 0 Å². The molecule has 0 saturated carbocycles. The Kier molecular flexibility index (Phi) is 3.82. The van der Waals surface area contributed by atoms with Crippen LogP contribution in [-0.2, 0) is 0 Å². The summed E-state index contributed by atoms with van der Waals surface area (Å²) >= 11 is 0. The first-order chi connectivity index (χ1) is 10.4. The Bertz CT molecular complexity index is 904. The molecule has 0 spiro atoms. The number of rotatable bonds is 0. The molecule has 0 amide bonds. The molecule has 0 aliphatic carbocycles. The summed E-state index contributed by atoms with van der Waals surface area (Å²) in [6.45, 7) is 0.980. The molecule has 2 heterocycles. The SMILES string of the molecule is C1=CC[N+]2=c3ccc4ccccc4c3=CC2=C1.[O-][Cl+3]([O-])([O-])[O-]. The lowest BCUT2D eigenvalue weighted by atomic mass is 10.1. The van der Waals surface area contributed by atoms with Crippen LogP contribution in [0.5, 0.6) is 0 Å². The molecule has 0 atom stereocenters. The van der Waals surface area contributed by atoms with Gasteiger partial charge in [0.15, 0.2) is 6.54 Å². The van der Waals surface area contributed by atoms with Crippen LogP contribution in [0.3, 0.4) is 0 Å². The molecule has 0 saturated heterocycles. The number of halogens is 1. The zero-order valence-electron chi connectivity index (χ0n) is 11.4. The van der Waals surface area contributed by atoms with Crippen molar-refractivity contribution in [2.45, 2.75) is 0 Å². The third kappa shape index (κ3) is 3.09. The first-order valence-corrected chi connectivity index (χ1v) is 7.79. The highest BCUT2D eigenvalue weighted by atomic mass is 35.7. The number of fused-ring (bicyclic) bond motifs is 4. The second kappa shape index (κ2) is 5.64. The average molecular weight is 318 g/mol. The molecule has 2 aromatic rings. The van der Waals surface area contributed by atoms with Crippen LogP contribution in [0, 0.1) is 10.2 Å². The number of nitrogens with zero attached hydrogens (tertiary/aromatic N) is 1. The van der Waals surface area contributed by atoms with Gasteiger partial charge in [0, 0.05) is 18.2 Å². The molecule has 0 bridgehead atoms. The molecule has 2 aliphatic rings. The van der Waals surface area contributed by atoms with Gasteiger partial charge in [-0.2, -0.15) is 4.58 Å². The van der Waals surface area contributed by atoms with E-state index in [0.717, 1.165) is 6.54 Å². The third-order valence-electron chi connectivity index (χ3n) is 3.53. The van der Waals surface area contributed by atoms with Crippen LogP contribution in [-0.4, -0.2) is 6.54 Å². The summed E-state index contributed by atoms with van der Waals surface area (Å²) in [5, 5.41) is 5.36. The lowest BCUT2D eigenvalue weighted by Crippen LogP contribution is -2.68. The molecule has 6 heteroatoms. The van der Waals surface area contributed by atoms with Crippen LogP contribution in [0.15, 0.2) is 60.3 Å². The van der Waals surface area contributed by atoms with Crippen molar-refractivity contribution >= 4 is 16.8 Å². The van der Waals surface area contributed by atoms with Gasteiger partial charge in [-0.25, -0.2) is 18.6 Å². The van der Waals surface area contributed by atoms with Crippen molar-refractivity contribution < 1.29 is 28.9 Å². The van der Waals surface area contributed by atoms with E-state index in [1.165, 1.54) is 27.0 Å².